The van der Waals surface area contributed by atoms with Crippen molar-refractivity contribution in [1.29, 1.82) is 0 Å². The molecule has 0 amide bonds. The van der Waals surface area contributed by atoms with Crippen LogP contribution in [0.15, 0.2) is 168 Å². The van der Waals surface area contributed by atoms with Crippen LogP contribution >= 0.6 is 38.3 Å². The standard InChI is InChI=1S/2C21H23OPSSi.2ClH.Zr/c2*1-25(2,3)24-20-16-10-15-19(21(20)22)23(17-11-6-4-7-12-17)18-13-8-5-9-14-18;;;/h2*4-16,22H,1-3H3;2*1H;/q;;;;+4/p-4. The fourth-order valence-corrected chi connectivity index (χ4v) is 20.0. The smallest absolute Gasteiger partial charge is 1.00 e. The minimum Gasteiger partial charge on any atom is -1.00 e. The molecule has 11 heteroatoms. The summed E-state index contributed by atoms with van der Waals surface area (Å²) in [5.74, 6) is 2.03. The van der Waals surface area contributed by atoms with Gasteiger partial charge in [0.1, 0.15) is 0 Å². The van der Waals surface area contributed by atoms with Crippen molar-refractivity contribution in [3.8, 4) is 11.5 Å². The molecule has 6 aromatic rings. The van der Waals surface area contributed by atoms with Gasteiger partial charge >= 0.3 is 333 Å². The zero-order valence-electron chi connectivity index (χ0n) is 30.8. The number of para-hydroxylation sites is 2. The van der Waals surface area contributed by atoms with E-state index in [2.05, 4.69) is 197 Å². The normalized spacial score (nSPS) is 11.3. The van der Waals surface area contributed by atoms with Crippen molar-refractivity contribution in [3.63, 3.8) is 0 Å². The van der Waals surface area contributed by atoms with Crippen LogP contribution in [0.3, 0.4) is 0 Å². The average molecular weight is 925 g/mol. The van der Waals surface area contributed by atoms with E-state index in [1.165, 1.54) is 41.6 Å². The average Bonchev–Trinajstić information content (AvgIpc) is 3.11. The molecule has 0 saturated heterocycles. The van der Waals surface area contributed by atoms with Gasteiger partial charge in [-0.3, -0.25) is 0 Å². The number of hydrogen-bond acceptors (Lipinski definition) is 4. The first kappa shape index (κ1) is 44.1. The Morgan fingerprint density at radius 1 is 0.396 bits per heavy atom. The summed E-state index contributed by atoms with van der Waals surface area (Å²) in [6.07, 6.45) is 0. The molecule has 0 spiro atoms. The third kappa shape index (κ3) is 12.2. The summed E-state index contributed by atoms with van der Waals surface area (Å²) in [4.78, 5) is 2.47. The molecule has 0 N–H and O–H groups in total. The Hall–Kier alpha value is -1.62. The number of hydrogen-bond donors (Lipinski definition) is 0. The molecule has 0 aliphatic carbocycles. The molecule has 0 aliphatic heterocycles. The first-order chi connectivity index (χ1) is 24.6. The second-order valence-electron chi connectivity index (χ2n) is 13.9. The van der Waals surface area contributed by atoms with Gasteiger partial charge in [0.15, 0.2) is 0 Å². The molecule has 0 aromatic heterocycles. The van der Waals surface area contributed by atoms with Gasteiger partial charge in [0.25, 0.3) is 0 Å². The van der Waals surface area contributed by atoms with Crippen molar-refractivity contribution >= 4 is 84.5 Å². The van der Waals surface area contributed by atoms with E-state index in [1.54, 1.807) is 0 Å². The molecule has 0 unspecified atom stereocenters. The van der Waals surface area contributed by atoms with E-state index in [-0.39, 0.29) is 24.8 Å². The Labute approximate surface area is 354 Å². The van der Waals surface area contributed by atoms with Crippen LogP contribution in [0, 0.1) is 0 Å². The van der Waals surface area contributed by atoms with Gasteiger partial charge in [-0.25, -0.2) is 0 Å². The van der Waals surface area contributed by atoms with Crippen LogP contribution in [0.4, 0.5) is 0 Å². The van der Waals surface area contributed by atoms with Crippen molar-refractivity contribution in [3.05, 3.63) is 158 Å². The van der Waals surface area contributed by atoms with Gasteiger partial charge in [-0.1, -0.05) is 0 Å². The van der Waals surface area contributed by atoms with E-state index in [0.29, 0.717) is 0 Å². The zero-order chi connectivity index (χ0) is 35.8. The maximum Gasteiger partial charge on any atom is -1.00 e. The van der Waals surface area contributed by atoms with Crippen LogP contribution in [0.5, 0.6) is 11.5 Å². The minimum atomic E-state index is -1.91. The fourth-order valence-electron chi connectivity index (χ4n) is 5.65. The molecule has 2 nitrogen and oxygen atoms in total. The van der Waals surface area contributed by atoms with Crippen LogP contribution in [-0.2, 0) is 24.1 Å². The maximum absolute atomic E-state index is 7.15. The number of benzene rings is 6. The van der Waals surface area contributed by atoms with E-state index in [1.807, 2.05) is 22.4 Å². The van der Waals surface area contributed by atoms with E-state index in [0.717, 1.165) is 11.5 Å². The summed E-state index contributed by atoms with van der Waals surface area (Å²) in [5.41, 5.74) is 0. The molecule has 0 saturated carbocycles. The third-order valence-electron chi connectivity index (χ3n) is 7.58. The molecule has 53 heavy (non-hydrogen) atoms. The summed E-state index contributed by atoms with van der Waals surface area (Å²) in [7, 11) is -4.80. The molecule has 6 aromatic carbocycles. The molecule has 0 radical (unpaired) electrons. The Kier molecular flexibility index (Phi) is 17.1. The molecular formula is C42H44Cl2O2P2S2Si2Zr. The van der Waals surface area contributed by atoms with Crippen LogP contribution in [0.1, 0.15) is 0 Å². The minimum absolute atomic E-state index is 0. The first-order valence-corrected chi connectivity index (χ1v) is 31.9. The topological polar surface area (TPSA) is 18.5 Å². The monoisotopic (exact) mass is 922 g/mol. The molecule has 6 rings (SSSR count). The fraction of sp³-hybridized carbons (Fsp3) is 0.143. The third-order valence-corrected chi connectivity index (χ3v) is 21.2. The van der Waals surface area contributed by atoms with Crippen LogP contribution in [0.2, 0.25) is 39.3 Å². The number of rotatable bonds is 14. The van der Waals surface area contributed by atoms with Crippen molar-refractivity contribution < 1.29 is 54.6 Å². The van der Waals surface area contributed by atoms with Gasteiger partial charge in [0.05, 0.1) is 0 Å². The van der Waals surface area contributed by atoms with E-state index >= 15 is 0 Å². The maximum atomic E-state index is 7.15. The van der Waals surface area contributed by atoms with Gasteiger partial charge in [0, 0.05) is 0 Å². The second-order valence-corrected chi connectivity index (χ2v) is 38.0. The van der Waals surface area contributed by atoms with Crippen molar-refractivity contribution in [2.24, 2.45) is 0 Å². The SMILES string of the molecule is C[Si](C)(C)Sc1cccc(P(c2ccccc2)c2ccccc2)c1[O][Zr+2][O]c1c(S[Si](C)(C)C)cccc1P(c1ccccc1)c1ccccc1.[Cl-].[Cl-]. The molecule has 0 bridgehead atoms. The van der Waals surface area contributed by atoms with Gasteiger partial charge in [-0.15, -0.1) is 0 Å². The van der Waals surface area contributed by atoms with Gasteiger partial charge in [0.2, 0.25) is 0 Å². The Morgan fingerprint density at radius 3 is 0.943 bits per heavy atom. The zero-order valence-corrected chi connectivity index (χ0v) is 40.2. The van der Waals surface area contributed by atoms with Gasteiger partial charge in [-0.05, 0) is 0 Å². The van der Waals surface area contributed by atoms with E-state index < -0.39 is 54.4 Å². The van der Waals surface area contributed by atoms with E-state index in [4.69, 9.17) is 5.63 Å². The summed E-state index contributed by atoms with van der Waals surface area (Å²) < 4.78 is 14.3. The van der Waals surface area contributed by atoms with Crippen LogP contribution in [-0.4, -0.2) is 14.4 Å². The number of halogens is 2. The van der Waals surface area contributed by atoms with E-state index in [9.17, 15) is 0 Å². The van der Waals surface area contributed by atoms with Gasteiger partial charge < -0.3 is 24.8 Å². The Bertz CT molecular complexity index is 1800. The first-order valence-electron chi connectivity index (χ1n) is 17.1. The summed E-state index contributed by atoms with van der Waals surface area (Å²) in [5, 5.41) is 7.80. The largest absolute Gasteiger partial charge is 1.00 e. The summed E-state index contributed by atoms with van der Waals surface area (Å²) in [6, 6.07) is 57.3. The van der Waals surface area contributed by atoms with Crippen molar-refractivity contribution in [1.82, 2.24) is 0 Å². The van der Waals surface area contributed by atoms with Crippen LogP contribution in [0.25, 0.3) is 0 Å². The quantitative estimate of drug-likeness (QED) is 0.119. The molecule has 0 fully saturated rings. The molecular weight excluding hydrogens is 881 g/mol. The second kappa shape index (κ2) is 20.5. The molecule has 272 valence electrons. The molecule has 0 aliphatic rings. The summed E-state index contributed by atoms with van der Waals surface area (Å²) >= 11 is 2.11. The predicted octanol–water partition coefficient (Wildman–Crippen LogP) is 4.44. The predicted molar refractivity (Wildman–Crippen MR) is 230 cm³/mol. The van der Waals surface area contributed by atoms with Crippen molar-refractivity contribution in [2.75, 3.05) is 0 Å². The van der Waals surface area contributed by atoms with Gasteiger partial charge in [-0.2, -0.15) is 0 Å². The van der Waals surface area contributed by atoms with Crippen molar-refractivity contribution in [2.45, 2.75) is 49.1 Å². The Morgan fingerprint density at radius 2 is 0.679 bits per heavy atom. The Balaban J connectivity index is 0.00000314. The molecule has 0 atom stereocenters. The molecule has 0 heterocycles. The summed E-state index contributed by atoms with van der Waals surface area (Å²) in [6.45, 7) is 14.5. The van der Waals surface area contributed by atoms with Crippen LogP contribution < -0.4 is 62.3 Å².